The largest absolute Gasteiger partial charge is 0.393 e. The van der Waals surface area contributed by atoms with Crippen LogP contribution in [0, 0.1) is 11.8 Å². The van der Waals surface area contributed by atoms with E-state index in [9.17, 15) is 5.11 Å². The molecule has 1 fully saturated rings. The van der Waals surface area contributed by atoms with Gasteiger partial charge >= 0.3 is 0 Å². The first-order chi connectivity index (χ1) is 7.33. The number of fused-ring (bicyclic) bond motifs is 1. The predicted molar refractivity (Wildman–Crippen MR) is 60.7 cm³/mol. The molecule has 0 heterocycles. The Balaban J connectivity index is 1.66. The van der Waals surface area contributed by atoms with E-state index in [1.54, 1.807) is 0 Å². The van der Waals surface area contributed by atoms with E-state index in [0.717, 1.165) is 25.2 Å². The van der Waals surface area contributed by atoms with Gasteiger partial charge in [-0.15, -0.1) is 0 Å². The molecule has 0 aliphatic heterocycles. The highest BCUT2D eigenvalue weighted by Crippen LogP contribution is 2.37. The highest BCUT2D eigenvalue weighted by atomic mass is 16.3. The lowest BCUT2D eigenvalue weighted by molar-refractivity contribution is 0.0978. The van der Waals surface area contributed by atoms with Crippen molar-refractivity contribution in [2.24, 2.45) is 11.8 Å². The van der Waals surface area contributed by atoms with Gasteiger partial charge in [-0.2, -0.15) is 0 Å². The number of hydrogen-bond donors (Lipinski definition) is 1. The molecule has 1 atom stereocenters. The van der Waals surface area contributed by atoms with Crippen molar-refractivity contribution < 1.29 is 5.11 Å². The summed E-state index contributed by atoms with van der Waals surface area (Å²) in [7, 11) is 0. The van der Waals surface area contributed by atoms with E-state index in [1.807, 2.05) is 0 Å². The SMILES string of the molecule is OC(CC1CC1)C1Cc2ccccc2C1. The van der Waals surface area contributed by atoms with Crippen LogP contribution >= 0.6 is 0 Å². The Morgan fingerprint density at radius 2 is 1.73 bits per heavy atom. The lowest BCUT2D eigenvalue weighted by atomic mass is 9.95. The fourth-order valence-electron chi connectivity index (χ4n) is 2.75. The monoisotopic (exact) mass is 202 g/mol. The molecule has 0 aromatic heterocycles. The van der Waals surface area contributed by atoms with Crippen LogP contribution in [0.3, 0.4) is 0 Å². The van der Waals surface area contributed by atoms with Gasteiger partial charge in [0.15, 0.2) is 0 Å². The lowest BCUT2D eigenvalue weighted by Crippen LogP contribution is -2.21. The van der Waals surface area contributed by atoms with Crippen LogP contribution in [-0.4, -0.2) is 11.2 Å². The third-order valence-electron chi connectivity index (χ3n) is 3.90. The first-order valence-corrected chi connectivity index (χ1v) is 6.08. The summed E-state index contributed by atoms with van der Waals surface area (Å²) in [5.74, 6) is 1.33. The van der Waals surface area contributed by atoms with E-state index in [0.29, 0.717) is 5.92 Å². The quantitative estimate of drug-likeness (QED) is 0.798. The van der Waals surface area contributed by atoms with E-state index in [4.69, 9.17) is 0 Å². The molecule has 1 aromatic rings. The second-order valence-corrected chi connectivity index (χ2v) is 5.18. The number of rotatable bonds is 3. The topological polar surface area (TPSA) is 20.2 Å². The molecule has 2 aliphatic rings. The number of aliphatic hydroxyl groups excluding tert-OH is 1. The molecule has 0 saturated heterocycles. The standard InChI is InChI=1S/C14H18O/c15-14(7-10-5-6-10)13-8-11-3-1-2-4-12(11)9-13/h1-4,10,13-15H,5-9H2. The zero-order valence-electron chi connectivity index (χ0n) is 9.02. The van der Waals surface area contributed by atoms with Crippen LogP contribution < -0.4 is 0 Å². The minimum absolute atomic E-state index is 0.0649. The van der Waals surface area contributed by atoms with Crippen LogP contribution in [0.2, 0.25) is 0 Å². The zero-order chi connectivity index (χ0) is 10.3. The number of benzene rings is 1. The Kier molecular flexibility index (Phi) is 2.28. The van der Waals surface area contributed by atoms with Crippen LogP contribution in [0.4, 0.5) is 0 Å². The molecule has 1 N–H and O–H groups in total. The summed E-state index contributed by atoms with van der Waals surface area (Å²) in [6.45, 7) is 0. The van der Waals surface area contributed by atoms with E-state index >= 15 is 0 Å². The van der Waals surface area contributed by atoms with Gasteiger partial charge < -0.3 is 5.11 Å². The Morgan fingerprint density at radius 1 is 1.13 bits per heavy atom. The van der Waals surface area contributed by atoms with Crippen LogP contribution in [0.15, 0.2) is 24.3 Å². The Bertz CT molecular complexity index is 329. The van der Waals surface area contributed by atoms with Gasteiger partial charge in [-0.1, -0.05) is 37.1 Å². The summed E-state index contributed by atoms with van der Waals surface area (Å²) in [4.78, 5) is 0. The average Bonchev–Trinajstić information content (AvgIpc) is 2.95. The maximum absolute atomic E-state index is 10.1. The van der Waals surface area contributed by atoms with Gasteiger partial charge in [0.1, 0.15) is 0 Å². The van der Waals surface area contributed by atoms with Crippen LogP contribution in [-0.2, 0) is 12.8 Å². The smallest absolute Gasteiger partial charge is 0.0577 e. The highest BCUT2D eigenvalue weighted by Gasteiger charge is 2.31. The molecule has 0 amide bonds. The van der Waals surface area contributed by atoms with Crippen molar-refractivity contribution in [3.63, 3.8) is 0 Å². The van der Waals surface area contributed by atoms with E-state index < -0.39 is 0 Å². The van der Waals surface area contributed by atoms with Gasteiger partial charge in [0, 0.05) is 0 Å². The van der Waals surface area contributed by atoms with Gasteiger partial charge in [-0.05, 0) is 42.2 Å². The van der Waals surface area contributed by atoms with Crippen molar-refractivity contribution in [2.75, 3.05) is 0 Å². The molecule has 1 saturated carbocycles. The number of hydrogen-bond acceptors (Lipinski definition) is 1. The second kappa shape index (κ2) is 3.64. The molecule has 0 bridgehead atoms. The van der Waals surface area contributed by atoms with E-state index in [1.165, 1.54) is 24.0 Å². The molecular formula is C14H18O. The summed E-state index contributed by atoms with van der Waals surface area (Å²) in [6, 6.07) is 8.63. The van der Waals surface area contributed by atoms with Crippen molar-refractivity contribution in [2.45, 2.75) is 38.2 Å². The molecule has 1 heteroatoms. The lowest BCUT2D eigenvalue weighted by Gasteiger charge is -2.17. The van der Waals surface area contributed by atoms with Crippen molar-refractivity contribution in [3.8, 4) is 0 Å². The van der Waals surface area contributed by atoms with Gasteiger partial charge in [-0.25, -0.2) is 0 Å². The van der Waals surface area contributed by atoms with Crippen LogP contribution in [0.1, 0.15) is 30.4 Å². The predicted octanol–water partition coefficient (Wildman–Crippen LogP) is 2.56. The van der Waals surface area contributed by atoms with Crippen molar-refractivity contribution in [3.05, 3.63) is 35.4 Å². The van der Waals surface area contributed by atoms with Gasteiger partial charge in [0.2, 0.25) is 0 Å². The maximum atomic E-state index is 10.1. The van der Waals surface area contributed by atoms with Crippen molar-refractivity contribution in [1.82, 2.24) is 0 Å². The van der Waals surface area contributed by atoms with Crippen molar-refractivity contribution >= 4 is 0 Å². The summed E-state index contributed by atoms with van der Waals surface area (Å²) in [6.07, 6.45) is 5.84. The Hall–Kier alpha value is -0.820. The third-order valence-corrected chi connectivity index (χ3v) is 3.90. The normalized spacial score (nSPS) is 22.7. The molecule has 2 aliphatic carbocycles. The molecular weight excluding hydrogens is 184 g/mol. The summed E-state index contributed by atoms with van der Waals surface area (Å²) in [5.41, 5.74) is 2.91. The molecule has 3 rings (SSSR count). The summed E-state index contributed by atoms with van der Waals surface area (Å²) >= 11 is 0. The molecule has 0 spiro atoms. The van der Waals surface area contributed by atoms with E-state index in [-0.39, 0.29) is 6.10 Å². The van der Waals surface area contributed by atoms with Gasteiger partial charge in [-0.3, -0.25) is 0 Å². The first kappa shape index (κ1) is 9.41. The second-order valence-electron chi connectivity index (χ2n) is 5.18. The minimum atomic E-state index is -0.0649. The molecule has 1 nitrogen and oxygen atoms in total. The fourth-order valence-corrected chi connectivity index (χ4v) is 2.75. The molecule has 80 valence electrons. The summed E-state index contributed by atoms with van der Waals surface area (Å²) < 4.78 is 0. The van der Waals surface area contributed by atoms with E-state index in [2.05, 4.69) is 24.3 Å². The summed E-state index contributed by atoms with van der Waals surface area (Å²) in [5, 5.41) is 10.1. The zero-order valence-corrected chi connectivity index (χ0v) is 9.02. The van der Waals surface area contributed by atoms with Crippen LogP contribution in [0.25, 0.3) is 0 Å². The first-order valence-electron chi connectivity index (χ1n) is 6.08. The fraction of sp³-hybridized carbons (Fsp3) is 0.571. The maximum Gasteiger partial charge on any atom is 0.0577 e. The van der Waals surface area contributed by atoms with Gasteiger partial charge in [0.25, 0.3) is 0 Å². The minimum Gasteiger partial charge on any atom is -0.393 e. The highest BCUT2D eigenvalue weighted by molar-refractivity contribution is 5.32. The number of aliphatic hydroxyl groups is 1. The molecule has 15 heavy (non-hydrogen) atoms. The Labute approximate surface area is 91.1 Å². The molecule has 1 unspecified atom stereocenters. The Morgan fingerprint density at radius 3 is 2.27 bits per heavy atom. The van der Waals surface area contributed by atoms with Gasteiger partial charge in [0.05, 0.1) is 6.10 Å². The van der Waals surface area contributed by atoms with Crippen molar-refractivity contribution in [1.29, 1.82) is 0 Å². The average molecular weight is 202 g/mol. The third kappa shape index (κ3) is 1.93. The molecule has 1 aromatic carbocycles. The van der Waals surface area contributed by atoms with Crippen LogP contribution in [0.5, 0.6) is 0 Å². The molecule has 0 radical (unpaired) electrons.